The Morgan fingerprint density at radius 3 is 2.86 bits per heavy atom. The topological polar surface area (TPSA) is 81.6 Å². The Balaban J connectivity index is 1.46. The molecule has 1 aliphatic heterocycles. The van der Waals surface area contributed by atoms with Crippen molar-refractivity contribution in [2.24, 2.45) is 0 Å². The highest BCUT2D eigenvalue weighted by molar-refractivity contribution is 5.91. The van der Waals surface area contributed by atoms with Crippen LogP contribution in [0.2, 0.25) is 0 Å². The molecule has 3 aromatic heterocycles. The number of nitrogens with zero attached hydrogens (tertiary/aromatic N) is 3. The van der Waals surface area contributed by atoms with Crippen LogP contribution in [0.4, 0.5) is 0 Å². The molecule has 0 saturated heterocycles. The summed E-state index contributed by atoms with van der Waals surface area (Å²) < 4.78 is 16.5. The Morgan fingerprint density at radius 1 is 1.25 bits per heavy atom. The Kier molecular flexibility index (Phi) is 4.90. The van der Waals surface area contributed by atoms with E-state index in [1.54, 1.807) is 11.0 Å². The Morgan fingerprint density at radius 2 is 2.11 bits per heavy atom. The molecule has 0 fully saturated rings. The molecule has 0 aliphatic carbocycles. The van der Waals surface area contributed by atoms with Crippen LogP contribution in [0, 0.1) is 13.8 Å². The van der Waals surface area contributed by atoms with E-state index in [0.717, 1.165) is 34.0 Å². The van der Waals surface area contributed by atoms with Gasteiger partial charge in [-0.2, -0.15) is 0 Å². The first-order valence-corrected chi connectivity index (χ1v) is 9.46. The lowest BCUT2D eigenvalue weighted by Gasteiger charge is -2.27. The molecule has 3 aromatic rings. The lowest BCUT2D eigenvalue weighted by atomic mass is 10.1. The fraction of sp³-hybridized carbons (Fsp3) is 0.381. The molecule has 1 amide bonds. The second kappa shape index (κ2) is 7.50. The quantitative estimate of drug-likeness (QED) is 0.673. The van der Waals surface area contributed by atoms with Gasteiger partial charge in [0.15, 0.2) is 5.76 Å². The molecule has 1 aliphatic rings. The number of furan rings is 1. The second-order valence-corrected chi connectivity index (χ2v) is 6.91. The fourth-order valence-corrected chi connectivity index (χ4v) is 3.47. The Bertz CT molecular complexity index is 986. The van der Waals surface area contributed by atoms with Gasteiger partial charge in [-0.15, -0.1) is 0 Å². The van der Waals surface area contributed by atoms with E-state index in [2.05, 4.69) is 10.1 Å². The normalized spacial score (nSPS) is 13.5. The molecule has 0 bridgehead atoms. The first kappa shape index (κ1) is 18.3. The number of rotatable bonds is 5. The van der Waals surface area contributed by atoms with Crippen molar-refractivity contribution >= 4 is 5.91 Å². The lowest BCUT2D eigenvalue weighted by molar-refractivity contribution is 0.0699. The van der Waals surface area contributed by atoms with E-state index < -0.39 is 0 Å². The summed E-state index contributed by atoms with van der Waals surface area (Å²) in [5.41, 5.74) is 3.88. The summed E-state index contributed by atoms with van der Waals surface area (Å²) in [6.07, 6.45) is 1.26. The van der Waals surface area contributed by atoms with Gasteiger partial charge in [0.25, 0.3) is 5.91 Å². The van der Waals surface area contributed by atoms with Crippen molar-refractivity contribution in [3.05, 3.63) is 64.1 Å². The average Bonchev–Trinajstić information content (AvgIpc) is 3.29. The first-order chi connectivity index (χ1) is 13.5. The summed E-state index contributed by atoms with van der Waals surface area (Å²) in [6.45, 7) is 7.43. The molecule has 28 heavy (non-hydrogen) atoms. The molecule has 4 heterocycles. The van der Waals surface area contributed by atoms with Crippen molar-refractivity contribution in [3.63, 3.8) is 0 Å². The summed E-state index contributed by atoms with van der Waals surface area (Å²) >= 11 is 0. The molecule has 0 atom stereocenters. The SMILES string of the molecule is CCOc1ccc2c(n1)CCN(C(=O)c1ccc(Cc3c(C)noc3C)o1)C2. The van der Waals surface area contributed by atoms with E-state index >= 15 is 0 Å². The number of pyridine rings is 1. The van der Waals surface area contributed by atoms with Gasteiger partial charge in [-0.1, -0.05) is 11.2 Å². The second-order valence-electron chi connectivity index (χ2n) is 6.91. The third-order valence-electron chi connectivity index (χ3n) is 5.01. The third-order valence-corrected chi connectivity index (χ3v) is 5.01. The van der Waals surface area contributed by atoms with E-state index in [-0.39, 0.29) is 5.91 Å². The number of carbonyl (C=O) groups excluding carboxylic acids is 1. The van der Waals surface area contributed by atoms with Gasteiger partial charge in [-0.25, -0.2) is 4.98 Å². The largest absolute Gasteiger partial charge is 0.478 e. The van der Waals surface area contributed by atoms with Crippen LogP contribution in [0.15, 0.2) is 33.2 Å². The van der Waals surface area contributed by atoms with Crippen molar-refractivity contribution in [2.75, 3.05) is 13.2 Å². The maximum Gasteiger partial charge on any atom is 0.289 e. The molecule has 7 nitrogen and oxygen atoms in total. The summed E-state index contributed by atoms with van der Waals surface area (Å²) in [7, 11) is 0. The average molecular weight is 381 g/mol. The number of fused-ring (bicyclic) bond motifs is 1. The monoisotopic (exact) mass is 381 g/mol. The number of ether oxygens (including phenoxy) is 1. The Hall–Kier alpha value is -3.09. The number of carbonyl (C=O) groups is 1. The van der Waals surface area contributed by atoms with E-state index in [1.807, 2.05) is 39.0 Å². The van der Waals surface area contributed by atoms with Crippen molar-refractivity contribution in [2.45, 2.75) is 40.2 Å². The number of aromatic nitrogens is 2. The van der Waals surface area contributed by atoms with Gasteiger partial charge in [0, 0.05) is 37.6 Å². The van der Waals surface area contributed by atoms with Crippen molar-refractivity contribution in [3.8, 4) is 5.88 Å². The van der Waals surface area contributed by atoms with Crippen LogP contribution in [0.25, 0.3) is 0 Å². The number of hydrogen-bond donors (Lipinski definition) is 0. The highest BCUT2D eigenvalue weighted by Crippen LogP contribution is 2.24. The van der Waals surface area contributed by atoms with Crippen LogP contribution in [0.1, 0.15) is 51.5 Å². The lowest BCUT2D eigenvalue weighted by Crippen LogP contribution is -2.36. The highest BCUT2D eigenvalue weighted by atomic mass is 16.5. The molecule has 0 saturated carbocycles. The molecular weight excluding hydrogens is 358 g/mol. The predicted molar refractivity (Wildman–Crippen MR) is 101 cm³/mol. The summed E-state index contributed by atoms with van der Waals surface area (Å²) in [5, 5.41) is 3.96. The molecular formula is C21H23N3O4. The maximum absolute atomic E-state index is 12.9. The third kappa shape index (κ3) is 3.52. The smallest absolute Gasteiger partial charge is 0.289 e. The zero-order chi connectivity index (χ0) is 19.7. The molecule has 0 aromatic carbocycles. The van der Waals surface area contributed by atoms with Gasteiger partial charge in [0.05, 0.1) is 18.0 Å². The molecule has 0 spiro atoms. The standard InChI is InChI=1S/C21H23N3O4/c1-4-26-20-8-5-15-12-24(10-9-18(15)22-20)21(25)19-7-6-16(27-19)11-17-13(2)23-28-14(17)3/h5-8H,4,9-12H2,1-3H3. The van der Waals surface area contributed by atoms with Gasteiger partial charge >= 0.3 is 0 Å². The zero-order valence-corrected chi connectivity index (χ0v) is 16.3. The van der Waals surface area contributed by atoms with Gasteiger partial charge in [-0.3, -0.25) is 4.79 Å². The fourth-order valence-electron chi connectivity index (χ4n) is 3.47. The molecule has 0 radical (unpaired) electrons. The van der Waals surface area contributed by atoms with E-state index in [9.17, 15) is 4.79 Å². The van der Waals surface area contributed by atoms with Crippen LogP contribution >= 0.6 is 0 Å². The van der Waals surface area contributed by atoms with Crippen LogP contribution in [0.5, 0.6) is 5.88 Å². The number of aryl methyl sites for hydroxylation is 2. The first-order valence-electron chi connectivity index (χ1n) is 9.46. The van der Waals surface area contributed by atoms with Crippen LogP contribution in [-0.2, 0) is 19.4 Å². The summed E-state index contributed by atoms with van der Waals surface area (Å²) in [6, 6.07) is 7.41. The molecule has 4 rings (SSSR count). The van der Waals surface area contributed by atoms with Crippen LogP contribution < -0.4 is 4.74 Å². The van der Waals surface area contributed by atoms with Gasteiger partial charge in [0.2, 0.25) is 5.88 Å². The predicted octanol–water partition coefficient (Wildman–Crippen LogP) is 3.47. The van der Waals surface area contributed by atoms with Gasteiger partial charge < -0.3 is 18.6 Å². The molecule has 7 heteroatoms. The number of hydrogen-bond acceptors (Lipinski definition) is 6. The van der Waals surface area contributed by atoms with Crippen LogP contribution in [0.3, 0.4) is 0 Å². The summed E-state index contributed by atoms with van der Waals surface area (Å²) in [5.74, 6) is 2.37. The van der Waals surface area contributed by atoms with E-state index in [1.165, 1.54) is 0 Å². The van der Waals surface area contributed by atoms with Gasteiger partial charge in [-0.05, 0) is 38.5 Å². The van der Waals surface area contributed by atoms with E-state index in [0.29, 0.717) is 44.2 Å². The van der Waals surface area contributed by atoms with Crippen molar-refractivity contribution < 1.29 is 18.5 Å². The van der Waals surface area contributed by atoms with Gasteiger partial charge in [0.1, 0.15) is 11.5 Å². The minimum absolute atomic E-state index is 0.107. The molecule has 0 unspecified atom stereocenters. The highest BCUT2D eigenvalue weighted by Gasteiger charge is 2.25. The van der Waals surface area contributed by atoms with Crippen molar-refractivity contribution in [1.29, 1.82) is 0 Å². The molecule has 0 N–H and O–H groups in total. The number of amides is 1. The van der Waals surface area contributed by atoms with Crippen LogP contribution in [-0.4, -0.2) is 34.1 Å². The maximum atomic E-state index is 12.9. The summed E-state index contributed by atoms with van der Waals surface area (Å²) in [4.78, 5) is 19.2. The minimum atomic E-state index is -0.107. The minimum Gasteiger partial charge on any atom is -0.478 e. The zero-order valence-electron chi connectivity index (χ0n) is 16.3. The van der Waals surface area contributed by atoms with E-state index in [4.69, 9.17) is 13.7 Å². The molecule has 146 valence electrons. The Labute approximate surface area is 163 Å². The van der Waals surface area contributed by atoms with Crippen molar-refractivity contribution in [1.82, 2.24) is 15.0 Å².